The normalized spacial score (nSPS) is 10.2. The van der Waals surface area contributed by atoms with Crippen LogP contribution in [0.25, 0.3) is 0 Å². The molecule has 0 spiro atoms. The van der Waals surface area contributed by atoms with E-state index in [0.717, 1.165) is 23.3 Å². The number of rotatable bonds is 16. The molecule has 0 saturated carbocycles. The first-order valence-corrected chi connectivity index (χ1v) is 13.7. The molecule has 0 aromatic heterocycles. The van der Waals surface area contributed by atoms with E-state index in [4.69, 9.17) is 28.4 Å². The maximum Gasteiger partial charge on any atom is 0.333 e. The van der Waals surface area contributed by atoms with Crippen molar-refractivity contribution >= 4 is 23.9 Å². The molecule has 10 nitrogen and oxygen atoms in total. The molecule has 0 N–H and O–H groups in total. The Kier molecular flexibility index (Phi) is 12.7. The predicted octanol–water partition coefficient (Wildman–Crippen LogP) is 5.51. The van der Waals surface area contributed by atoms with E-state index in [0.29, 0.717) is 47.0 Å². The summed E-state index contributed by atoms with van der Waals surface area (Å²) in [4.78, 5) is 47.2. The zero-order chi connectivity index (χ0) is 31.9. The molecule has 0 amide bonds. The van der Waals surface area contributed by atoms with Crippen molar-refractivity contribution in [2.75, 3.05) is 13.6 Å². The monoisotopic (exact) mass is 602 g/mol. The zero-order valence-electron chi connectivity index (χ0n) is 24.7. The van der Waals surface area contributed by atoms with Gasteiger partial charge in [-0.3, -0.25) is 9.59 Å². The number of carbonyl (C=O) groups is 4. The lowest BCUT2D eigenvalue weighted by molar-refractivity contribution is -0.145. The third kappa shape index (κ3) is 10.8. The van der Waals surface area contributed by atoms with Crippen LogP contribution in [0.1, 0.15) is 35.1 Å². The standard InChI is InChI=1S/C34H34O10/c1-5-31(35)41-21-39-27-13-7-25(8-14-27)11-19-33(37)43-29-17-18-30(24(4)23(29)3)44-34(38)20-12-26-9-15-28(16-10-26)40-22-42-32(36)6-2/h5-10,13-18H,1-2,11-12,19-22H2,3-4H3. The minimum Gasteiger partial charge on any atom is -0.457 e. The number of aryl methyl sites for hydroxylation is 2. The van der Waals surface area contributed by atoms with Gasteiger partial charge in [-0.25, -0.2) is 9.59 Å². The quantitative estimate of drug-likeness (QED) is 0.0897. The molecule has 0 heterocycles. The van der Waals surface area contributed by atoms with E-state index in [1.54, 1.807) is 50.2 Å². The summed E-state index contributed by atoms with van der Waals surface area (Å²) < 4.78 is 31.3. The minimum absolute atomic E-state index is 0.155. The summed E-state index contributed by atoms with van der Waals surface area (Å²) in [7, 11) is 0. The van der Waals surface area contributed by atoms with Crippen LogP contribution in [-0.2, 0) is 41.5 Å². The Morgan fingerprint density at radius 3 is 1.30 bits per heavy atom. The van der Waals surface area contributed by atoms with Crippen LogP contribution in [0.5, 0.6) is 23.0 Å². The van der Waals surface area contributed by atoms with E-state index >= 15 is 0 Å². The van der Waals surface area contributed by atoms with Crippen LogP contribution >= 0.6 is 0 Å². The third-order valence-electron chi connectivity index (χ3n) is 6.40. The number of esters is 4. The first-order valence-electron chi connectivity index (χ1n) is 13.7. The van der Waals surface area contributed by atoms with Gasteiger partial charge < -0.3 is 28.4 Å². The predicted molar refractivity (Wildman–Crippen MR) is 160 cm³/mol. The highest BCUT2D eigenvalue weighted by Crippen LogP contribution is 2.30. The van der Waals surface area contributed by atoms with Crippen LogP contribution in [0, 0.1) is 13.8 Å². The van der Waals surface area contributed by atoms with Gasteiger partial charge in [-0.05, 0) is 85.3 Å². The summed E-state index contributed by atoms with van der Waals surface area (Å²) in [5, 5.41) is 0. The summed E-state index contributed by atoms with van der Waals surface area (Å²) in [5.41, 5.74) is 3.19. The van der Waals surface area contributed by atoms with Gasteiger partial charge in [0.15, 0.2) is 0 Å². The Hall–Kier alpha value is -5.38. The lowest BCUT2D eigenvalue weighted by atomic mass is 10.1. The number of carbonyl (C=O) groups excluding carboxylic acids is 4. The Bertz CT molecular complexity index is 1360. The average Bonchev–Trinajstić information content (AvgIpc) is 3.03. The van der Waals surface area contributed by atoms with E-state index in [1.165, 1.54) is 0 Å². The molecule has 3 aromatic carbocycles. The third-order valence-corrected chi connectivity index (χ3v) is 6.40. The van der Waals surface area contributed by atoms with E-state index < -0.39 is 23.9 Å². The summed E-state index contributed by atoms with van der Waals surface area (Å²) in [6, 6.07) is 17.3. The Morgan fingerprint density at radius 2 is 0.955 bits per heavy atom. The zero-order valence-corrected chi connectivity index (χ0v) is 24.7. The van der Waals surface area contributed by atoms with Crippen molar-refractivity contribution < 1.29 is 47.6 Å². The lowest BCUT2D eigenvalue weighted by Crippen LogP contribution is -2.12. The first kappa shape index (κ1) is 33.1. The van der Waals surface area contributed by atoms with E-state index in [-0.39, 0.29) is 26.4 Å². The molecule has 0 bridgehead atoms. The van der Waals surface area contributed by atoms with Crippen molar-refractivity contribution in [1.82, 2.24) is 0 Å². The average molecular weight is 603 g/mol. The molecule has 3 aromatic rings. The molecule has 0 fully saturated rings. The van der Waals surface area contributed by atoms with Crippen LogP contribution in [0.2, 0.25) is 0 Å². The van der Waals surface area contributed by atoms with Crippen molar-refractivity contribution in [3.8, 4) is 23.0 Å². The second-order valence-corrected chi connectivity index (χ2v) is 9.41. The van der Waals surface area contributed by atoms with Crippen LogP contribution in [0.4, 0.5) is 0 Å². The Morgan fingerprint density at radius 1 is 0.591 bits per heavy atom. The molecule has 10 heteroatoms. The van der Waals surface area contributed by atoms with Crippen molar-refractivity contribution in [1.29, 1.82) is 0 Å². The number of benzene rings is 3. The van der Waals surface area contributed by atoms with Gasteiger partial charge in [-0.15, -0.1) is 0 Å². The van der Waals surface area contributed by atoms with E-state index in [1.807, 2.05) is 24.3 Å². The maximum atomic E-state index is 12.5. The van der Waals surface area contributed by atoms with E-state index in [9.17, 15) is 19.2 Å². The van der Waals surface area contributed by atoms with Crippen molar-refractivity contribution in [3.63, 3.8) is 0 Å². The molecule has 0 radical (unpaired) electrons. The highest BCUT2D eigenvalue weighted by molar-refractivity contribution is 5.81. The molecule has 44 heavy (non-hydrogen) atoms. The van der Waals surface area contributed by atoms with Crippen molar-refractivity contribution in [2.24, 2.45) is 0 Å². The largest absolute Gasteiger partial charge is 0.457 e. The number of hydrogen-bond donors (Lipinski definition) is 0. The van der Waals surface area contributed by atoms with Gasteiger partial charge in [-0.1, -0.05) is 37.4 Å². The van der Waals surface area contributed by atoms with Gasteiger partial charge in [0.2, 0.25) is 13.6 Å². The fraction of sp³-hybridized carbons (Fsp3) is 0.235. The Balaban J connectivity index is 1.43. The topological polar surface area (TPSA) is 124 Å². The molecule has 0 saturated heterocycles. The fourth-order valence-corrected chi connectivity index (χ4v) is 3.77. The number of hydrogen-bond acceptors (Lipinski definition) is 10. The van der Waals surface area contributed by atoms with Crippen LogP contribution < -0.4 is 18.9 Å². The lowest BCUT2D eigenvalue weighted by Gasteiger charge is -2.14. The van der Waals surface area contributed by atoms with Gasteiger partial charge in [0.1, 0.15) is 23.0 Å². The van der Waals surface area contributed by atoms with Crippen molar-refractivity contribution in [2.45, 2.75) is 39.5 Å². The molecule has 0 atom stereocenters. The minimum atomic E-state index is -0.573. The van der Waals surface area contributed by atoms with Crippen LogP contribution in [0.15, 0.2) is 86.0 Å². The van der Waals surface area contributed by atoms with Gasteiger partial charge in [0.05, 0.1) is 0 Å². The second kappa shape index (κ2) is 16.9. The molecule has 3 rings (SSSR count). The molecule has 0 aliphatic carbocycles. The van der Waals surface area contributed by atoms with Gasteiger partial charge in [0, 0.05) is 25.0 Å². The van der Waals surface area contributed by atoms with Crippen LogP contribution in [0.3, 0.4) is 0 Å². The highest BCUT2D eigenvalue weighted by atomic mass is 16.7. The molecular formula is C34H34O10. The molecule has 0 unspecified atom stereocenters. The summed E-state index contributed by atoms with van der Waals surface area (Å²) in [6.07, 6.45) is 3.33. The molecule has 0 aliphatic rings. The summed E-state index contributed by atoms with van der Waals surface area (Å²) in [5.74, 6) is -0.116. The highest BCUT2D eigenvalue weighted by Gasteiger charge is 2.15. The summed E-state index contributed by atoms with van der Waals surface area (Å²) in [6.45, 7) is 9.76. The van der Waals surface area contributed by atoms with E-state index in [2.05, 4.69) is 13.2 Å². The second-order valence-electron chi connectivity index (χ2n) is 9.41. The fourth-order valence-electron chi connectivity index (χ4n) is 3.77. The maximum absolute atomic E-state index is 12.5. The number of ether oxygens (including phenoxy) is 6. The Labute approximate surface area is 255 Å². The summed E-state index contributed by atoms with van der Waals surface area (Å²) >= 11 is 0. The molecular weight excluding hydrogens is 568 g/mol. The first-order chi connectivity index (χ1) is 21.2. The molecule has 0 aliphatic heterocycles. The van der Waals surface area contributed by atoms with Gasteiger partial charge in [0.25, 0.3) is 0 Å². The van der Waals surface area contributed by atoms with Crippen LogP contribution in [-0.4, -0.2) is 37.5 Å². The van der Waals surface area contributed by atoms with Gasteiger partial charge in [-0.2, -0.15) is 0 Å². The van der Waals surface area contributed by atoms with Gasteiger partial charge >= 0.3 is 23.9 Å². The molecule has 230 valence electrons. The van der Waals surface area contributed by atoms with Crippen molar-refractivity contribution in [3.05, 3.63) is 108 Å². The smallest absolute Gasteiger partial charge is 0.333 e. The SMILES string of the molecule is C=CC(=O)OCOc1ccc(CCC(=O)Oc2ccc(OC(=O)CCc3ccc(OCOC(=O)C=C)cc3)c(C)c2C)cc1.